The molecule has 15 heavy (non-hydrogen) atoms. The molecule has 0 heterocycles. The largest absolute Gasteiger partial charge is 0.329 e. The topological polar surface area (TPSA) is 55.1 Å². The number of hydrogen-bond donors (Lipinski definition) is 2. The lowest BCUT2D eigenvalue weighted by Gasteiger charge is -2.12. The Balaban J connectivity index is 2.03. The Morgan fingerprint density at radius 2 is 2.00 bits per heavy atom. The van der Waals surface area contributed by atoms with Crippen molar-refractivity contribution in [3.63, 3.8) is 0 Å². The average Bonchev–Trinajstić information content (AvgIpc) is 3.02. The third-order valence-electron chi connectivity index (χ3n) is 3.04. The molecule has 0 aromatic heterocycles. The smallest absolute Gasteiger partial charge is 0.231 e. The Morgan fingerprint density at radius 1 is 1.40 bits per heavy atom. The van der Waals surface area contributed by atoms with Crippen molar-refractivity contribution in [1.29, 1.82) is 0 Å². The summed E-state index contributed by atoms with van der Waals surface area (Å²) in [4.78, 5) is 11.8. The van der Waals surface area contributed by atoms with Crippen molar-refractivity contribution in [3.8, 4) is 0 Å². The molecule has 3 N–H and O–H groups in total. The lowest BCUT2D eigenvalue weighted by molar-refractivity contribution is -0.120. The predicted octanol–water partition coefficient (Wildman–Crippen LogP) is 1.67. The van der Waals surface area contributed by atoms with E-state index in [1.54, 1.807) is 0 Å². The minimum Gasteiger partial charge on any atom is -0.329 e. The normalized spacial score (nSPS) is 17.2. The quantitative estimate of drug-likeness (QED) is 0.787. The fraction of sp³-hybridized carbons (Fsp3) is 0.417. The van der Waals surface area contributed by atoms with E-state index in [2.05, 4.69) is 5.32 Å². The summed E-state index contributed by atoms with van der Waals surface area (Å²) in [5, 5.41) is 2.90. The lowest BCUT2D eigenvalue weighted by Crippen LogP contribution is -2.30. The molecule has 80 valence electrons. The molecule has 1 amide bonds. The van der Waals surface area contributed by atoms with Gasteiger partial charge in [0, 0.05) is 12.2 Å². The fourth-order valence-corrected chi connectivity index (χ4v) is 1.58. The van der Waals surface area contributed by atoms with E-state index in [-0.39, 0.29) is 11.3 Å². The molecule has 0 bridgehead atoms. The van der Waals surface area contributed by atoms with Crippen molar-refractivity contribution in [2.75, 3.05) is 11.9 Å². The zero-order chi connectivity index (χ0) is 10.9. The Bertz CT molecular complexity index is 366. The molecule has 1 aliphatic rings. The molecule has 3 nitrogen and oxygen atoms in total. The molecule has 0 spiro atoms. The number of aryl methyl sites for hydroxylation is 1. The van der Waals surface area contributed by atoms with Crippen LogP contribution in [0.4, 0.5) is 5.69 Å². The van der Waals surface area contributed by atoms with E-state index >= 15 is 0 Å². The molecule has 1 aromatic rings. The molecule has 1 aromatic carbocycles. The highest BCUT2D eigenvalue weighted by Gasteiger charge is 2.48. The van der Waals surface area contributed by atoms with Gasteiger partial charge in [0.25, 0.3) is 0 Å². The number of nitrogens with two attached hydrogens (primary N) is 1. The van der Waals surface area contributed by atoms with E-state index in [1.165, 1.54) is 5.56 Å². The number of nitrogens with one attached hydrogen (secondary N) is 1. The first kappa shape index (κ1) is 10.2. The van der Waals surface area contributed by atoms with E-state index in [0.717, 1.165) is 18.5 Å². The number of carbonyl (C=O) groups excluding carboxylic acids is 1. The molecule has 3 heteroatoms. The summed E-state index contributed by atoms with van der Waals surface area (Å²) in [6.45, 7) is 2.47. The van der Waals surface area contributed by atoms with Crippen LogP contribution in [0.5, 0.6) is 0 Å². The van der Waals surface area contributed by atoms with Crippen LogP contribution in [0.25, 0.3) is 0 Å². The van der Waals surface area contributed by atoms with E-state index in [9.17, 15) is 4.79 Å². The molecular weight excluding hydrogens is 188 g/mol. The van der Waals surface area contributed by atoms with Crippen molar-refractivity contribution < 1.29 is 4.79 Å². The van der Waals surface area contributed by atoms with Crippen molar-refractivity contribution in [2.24, 2.45) is 11.1 Å². The third kappa shape index (κ3) is 2.02. The van der Waals surface area contributed by atoms with Crippen LogP contribution in [-0.2, 0) is 4.79 Å². The van der Waals surface area contributed by atoms with Crippen LogP contribution in [0.15, 0.2) is 24.3 Å². The van der Waals surface area contributed by atoms with Crippen LogP contribution in [0.1, 0.15) is 18.4 Å². The second kappa shape index (κ2) is 3.66. The number of benzene rings is 1. The van der Waals surface area contributed by atoms with Crippen molar-refractivity contribution >= 4 is 11.6 Å². The van der Waals surface area contributed by atoms with Crippen LogP contribution in [0, 0.1) is 12.3 Å². The van der Waals surface area contributed by atoms with Gasteiger partial charge in [0.05, 0.1) is 5.41 Å². The number of rotatable bonds is 3. The van der Waals surface area contributed by atoms with Gasteiger partial charge in [0.1, 0.15) is 0 Å². The van der Waals surface area contributed by atoms with Gasteiger partial charge < -0.3 is 11.1 Å². The standard InChI is InChI=1S/C12H16N2O/c1-9-2-4-10(5-3-9)14-11(15)12(8-13)6-7-12/h2-5H,6-8,13H2,1H3,(H,14,15). The number of hydrogen-bond acceptors (Lipinski definition) is 2. The molecule has 0 atom stereocenters. The van der Waals surface area contributed by atoms with E-state index in [0.29, 0.717) is 6.54 Å². The van der Waals surface area contributed by atoms with Gasteiger partial charge in [-0.25, -0.2) is 0 Å². The van der Waals surface area contributed by atoms with Gasteiger partial charge in [-0.2, -0.15) is 0 Å². The van der Waals surface area contributed by atoms with Crippen molar-refractivity contribution in [3.05, 3.63) is 29.8 Å². The maximum absolute atomic E-state index is 11.8. The summed E-state index contributed by atoms with van der Waals surface area (Å²) in [5.41, 5.74) is 7.35. The molecule has 0 unspecified atom stereocenters. The predicted molar refractivity (Wildman–Crippen MR) is 60.5 cm³/mol. The summed E-state index contributed by atoms with van der Waals surface area (Å²) in [6, 6.07) is 7.80. The second-order valence-electron chi connectivity index (χ2n) is 4.30. The van der Waals surface area contributed by atoms with E-state index < -0.39 is 0 Å². The first-order chi connectivity index (χ1) is 7.16. The lowest BCUT2D eigenvalue weighted by atomic mass is 10.1. The number of anilines is 1. The average molecular weight is 204 g/mol. The Labute approximate surface area is 89.7 Å². The van der Waals surface area contributed by atoms with Gasteiger partial charge in [0.15, 0.2) is 0 Å². The first-order valence-electron chi connectivity index (χ1n) is 5.24. The molecule has 1 aliphatic carbocycles. The molecule has 1 fully saturated rings. The zero-order valence-corrected chi connectivity index (χ0v) is 8.92. The Hall–Kier alpha value is -1.35. The van der Waals surface area contributed by atoms with Crippen LogP contribution in [0.3, 0.4) is 0 Å². The number of amides is 1. The minimum atomic E-state index is -0.273. The van der Waals surface area contributed by atoms with Gasteiger partial charge in [-0.1, -0.05) is 17.7 Å². The monoisotopic (exact) mass is 204 g/mol. The van der Waals surface area contributed by atoms with Gasteiger partial charge in [-0.3, -0.25) is 4.79 Å². The van der Waals surface area contributed by atoms with Crippen LogP contribution in [-0.4, -0.2) is 12.5 Å². The Kier molecular flexibility index (Phi) is 2.49. The second-order valence-corrected chi connectivity index (χ2v) is 4.30. The summed E-state index contributed by atoms with van der Waals surface area (Å²) < 4.78 is 0. The highest BCUT2D eigenvalue weighted by atomic mass is 16.2. The van der Waals surface area contributed by atoms with Crippen LogP contribution >= 0.6 is 0 Å². The SMILES string of the molecule is Cc1ccc(NC(=O)C2(CN)CC2)cc1. The van der Waals surface area contributed by atoms with Gasteiger partial charge >= 0.3 is 0 Å². The molecule has 2 rings (SSSR count). The highest BCUT2D eigenvalue weighted by molar-refractivity contribution is 5.97. The van der Waals surface area contributed by atoms with Gasteiger partial charge in [0.2, 0.25) is 5.91 Å². The third-order valence-corrected chi connectivity index (χ3v) is 3.04. The first-order valence-corrected chi connectivity index (χ1v) is 5.24. The maximum Gasteiger partial charge on any atom is 0.231 e. The summed E-state index contributed by atoms with van der Waals surface area (Å²) in [5.74, 6) is 0.0638. The molecule has 0 radical (unpaired) electrons. The maximum atomic E-state index is 11.8. The van der Waals surface area contributed by atoms with E-state index in [1.807, 2.05) is 31.2 Å². The van der Waals surface area contributed by atoms with Gasteiger partial charge in [-0.05, 0) is 31.9 Å². The minimum absolute atomic E-state index is 0.0638. The fourth-order valence-electron chi connectivity index (χ4n) is 1.58. The van der Waals surface area contributed by atoms with Crippen LogP contribution < -0.4 is 11.1 Å². The molecule has 1 saturated carbocycles. The molecular formula is C12H16N2O. The molecule has 0 saturated heterocycles. The summed E-state index contributed by atoms with van der Waals surface area (Å²) in [6.07, 6.45) is 1.84. The van der Waals surface area contributed by atoms with E-state index in [4.69, 9.17) is 5.73 Å². The summed E-state index contributed by atoms with van der Waals surface area (Å²) in [7, 11) is 0. The van der Waals surface area contributed by atoms with Crippen LogP contribution in [0.2, 0.25) is 0 Å². The zero-order valence-electron chi connectivity index (χ0n) is 8.92. The number of carbonyl (C=O) groups is 1. The molecule has 0 aliphatic heterocycles. The summed E-state index contributed by atoms with van der Waals surface area (Å²) >= 11 is 0. The highest BCUT2D eigenvalue weighted by Crippen LogP contribution is 2.45. The van der Waals surface area contributed by atoms with Gasteiger partial charge in [-0.15, -0.1) is 0 Å². The van der Waals surface area contributed by atoms with Crippen molar-refractivity contribution in [1.82, 2.24) is 0 Å². The van der Waals surface area contributed by atoms with Crippen molar-refractivity contribution in [2.45, 2.75) is 19.8 Å². The Morgan fingerprint density at radius 3 is 2.47 bits per heavy atom.